The number of nitrogens with zero attached hydrogens (tertiary/aromatic N) is 2. The molecule has 132 valence electrons. The third kappa shape index (κ3) is 4.26. The summed E-state index contributed by atoms with van der Waals surface area (Å²) in [6.45, 7) is 3.61. The van der Waals surface area contributed by atoms with Crippen molar-refractivity contribution < 1.29 is 19.4 Å². The van der Waals surface area contributed by atoms with Crippen LogP contribution in [0.3, 0.4) is 0 Å². The van der Waals surface area contributed by atoms with Crippen LogP contribution >= 0.6 is 0 Å². The number of aliphatic hydroxyl groups excluding tert-OH is 1. The van der Waals surface area contributed by atoms with Gasteiger partial charge in [-0.3, -0.25) is 9.59 Å². The molecule has 1 aromatic rings. The van der Waals surface area contributed by atoms with Gasteiger partial charge in [0, 0.05) is 38.2 Å². The minimum absolute atomic E-state index is 0.0177. The van der Waals surface area contributed by atoms with Crippen LogP contribution in [0.1, 0.15) is 25.3 Å². The summed E-state index contributed by atoms with van der Waals surface area (Å²) in [7, 11) is 1.61. The van der Waals surface area contributed by atoms with E-state index in [0.717, 1.165) is 11.3 Å². The van der Waals surface area contributed by atoms with Gasteiger partial charge < -0.3 is 19.6 Å². The van der Waals surface area contributed by atoms with Crippen molar-refractivity contribution in [2.75, 3.05) is 33.4 Å². The monoisotopic (exact) mass is 334 g/mol. The number of methoxy groups -OCH3 is 1. The van der Waals surface area contributed by atoms with Gasteiger partial charge in [0.2, 0.25) is 11.8 Å². The topological polar surface area (TPSA) is 70.1 Å². The van der Waals surface area contributed by atoms with Gasteiger partial charge in [0.15, 0.2) is 0 Å². The van der Waals surface area contributed by atoms with E-state index in [-0.39, 0.29) is 24.3 Å². The molecule has 1 N–H and O–H groups in total. The SMILES string of the molecule is CCN(CCO)C(=O)[C@@H]1CCC(=O)N(Cc2ccccc2OC)C1. The zero-order valence-corrected chi connectivity index (χ0v) is 14.4. The molecule has 6 heteroatoms. The molecule has 0 aliphatic carbocycles. The van der Waals surface area contributed by atoms with Crippen molar-refractivity contribution in [3.05, 3.63) is 29.8 Å². The first-order valence-corrected chi connectivity index (χ1v) is 8.40. The molecule has 2 amide bonds. The Bertz CT molecular complexity index is 576. The lowest BCUT2D eigenvalue weighted by atomic mass is 9.95. The van der Waals surface area contributed by atoms with E-state index in [0.29, 0.717) is 39.0 Å². The van der Waals surface area contributed by atoms with Gasteiger partial charge in [0.25, 0.3) is 0 Å². The van der Waals surface area contributed by atoms with Crippen LogP contribution in [-0.2, 0) is 16.1 Å². The van der Waals surface area contributed by atoms with Crippen LogP contribution in [0, 0.1) is 5.92 Å². The summed E-state index contributed by atoms with van der Waals surface area (Å²) >= 11 is 0. The predicted molar refractivity (Wildman–Crippen MR) is 90.5 cm³/mol. The van der Waals surface area contributed by atoms with Gasteiger partial charge in [-0.25, -0.2) is 0 Å². The molecule has 2 rings (SSSR count). The van der Waals surface area contributed by atoms with Crippen molar-refractivity contribution in [3.8, 4) is 5.75 Å². The normalized spacial score (nSPS) is 17.7. The standard InChI is InChI=1S/C18H26N2O4/c1-3-19(10-11-21)18(23)15-8-9-17(22)20(13-15)12-14-6-4-5-7-16(14)24-2/h4-7,15,21H,3,8-13H2,1-2H3/t15-/m1/s1. The van der Waals surface area contributed by atoms with Gasteiger partial charge in [-0.2, -0.15) is 0 Å². The smallest absolute Gasteiger partial charge is 0.227 e. The van der Waals surface area contributed by atoms with E-state index in [1.54, 1.807) is 16.9 Å². The Morgan fingerprint density at radius 2 is 2.17 bits per heavy atom. The highest BCUT2D eigenvalue weighted by Gasteiger charge is 2.32. The summed E-state index contributed by atoms with van der Waals surface area (Å²) in [6.07, 6.45) is 0.949. The average molecular weight is 334 g/mol. The highest BCUT2D eigenvalue weighted by Crippen LogP contribution is 2.25. The molecule has 0 bridgehead atoms. The van der Waals surface area contributed by atoms with E-state index in [1.807, 2.05) is 31.2 Å². The predicted octanol–water partition coefficient (Wildman–Crippen LogP) is 1.27. The van der Waals surface area contributed by atoms with Gasteiger partial charge in [-0.15, -0.1) is 0 Å². The van der Waals surface area contributed by atoms with E-state index in [2.05, 4.69) is 0 Å². The van der Waals surface area contributed by atoms with Crippen molar-refractivity contribution in [1.82, 2.24) is 9.80 Å². The minimum atomic E-state index is -0.205. The zero-order chi connectivity index (χ0) is 17.5. The van der Waals surface area contributed by atoms with Gasteiger partial charge in [0.05, 0.1) is 19.6 Å². The number of hydrogen-bond acceptors (Lipinski definition) is 4. The van der Waals surface area contributed by atoms with Crippen LogP contribution in [0.4, 0.5) is 0 Å². The van der Waals surface area contributed by atoms with E-state index >= 15 is 0 Å². The molecule has 1 fully saturated rings. The molecule has 6 nitrogen and oxygen atoms in total. The second-order valence-corrected chi connectivity index (χ2v) is 5.96. The van der Waals surface area contributed by atoms with Crippen molar-refractivity contribution in [1.29, 1.82) is 0 Å². The van der Waals surface area contributed by atoms with Crippen molar-refractivity contribution in [3.63, 3.8) is 0 Å². The van der Waals surface area contributed by atoms with Crippen LogP contribution in [0.2, 0.25) is 0 Å². The number of ether oxygens (including phenoxy) is 1. The Balaban J connectivity index is 2.07. The minimum Gasteiger partial charge on any atom is -0.496 e. The molecule has 1 aliphatic heterocycles. The summed E-state index contributed by atoms with van der Waals surface area (Å²) in [5.74, 6) is 0.623. The van der Waals surface area contributed by atoms with Crippen molar-refractivity contribution in [2.24, 2.45) is 5.92 Å². The molecule has 0 aromatic heterocycles. The van der Waals surface area contributed by atoms with E-state index in [9.17, 15) is 9.59 Å². The molecular weight excluding hydrogens is 308 g/mol. The van der Waals surface area contributed by atoms with Gasteiger partial charge in [-0.05, 0) is 19.4 Å². The molecule has 1 atom stereocenters. The summed E-state index contributed by atoms with van der Waals surface area (Å²) in [6, 6.07) is 7.60. The maximum atomic E-state index is 12.6. The fourth-order valence-corrected chi connectivity index (χ4v) is 3.11. The van der Waals surface area contributed by atoms with Gasteiger partial charge in [0.1, 0.15) is 5.75 Å². The first kappa shape index (κ1) is 18.3. The average Bonchev–Trinajstić information content (AvgIpc) is 2.61. The molecule has 24 heavy (non-hydrogen) atoms. The quantitative estimate of drug-likeness (QED) is 0.815. The van der Waals surface area contributed by atoms with E-state index in [4.69, 9.17) is 9.84 Å². The molecule has 1 heterocycles. The van der Waals surface area contributed by atoms with Crippen LogP contribution in [0.25, 0.3) is 0 Å². The van der Waals surface area contributed by atoms with Crippen molar-refractivity contribution in [2.45, 2.75) is 26.3 Å². The first-order valence-electron chi connectivity index (χ1n) is 8.40. The summed E-state index contributed by atoms with van der Waals surface area (Å²) in [5.41, 5.74) is 0.934. The second kappa shape index (κ2) is 8.68. The van der Waals surface area contributed by atoms with Crippen molar-refractivity contribution >= 4 is 11.8 Å². The summed E-state index contributed by atoms with van der Waals surface area (Å²) in [5, 5.41) is 9.09. The Kier molecular flexibility index (Phi) is 6.61. The molecule has 0 spiro atoms. The highest BCUT2D eigenvalue weighted by molar-refractivity contribution is 5.84. The van der Waals surface area contributed by atoms with Crippen LogP contribution < -0.4 is 4.74 Å². The lowest BCUT2D eigenvalue weighted by Gasteiger charge is -2.34. The Morgan fingerprint density at radius 3 is 2.83 bits per heavy atom. The Morgan fingerprint density at radius 1 is 1.42 bits per heavy atom. The maximum absolute atomic E-state index is 12.6. The second-order valence-electron chi connectivity index (χ2n) is 5.96. The first-order chi connectivity index (χ1) is 11.6. The Hall–Kier alpha value is -2.08. The fraction of sp³-hybridized carbons (Fsp3) is 0.556. The highest BCUT2D eigenvalue weighted by atomic mass is 16.5. The number of aliphatic hydroxyl groups is 1. The lowest BCUT2D eigenvalue weighted by molar-refractivity contribution is -0.143. The number of likely N-dealkylation sites (tertiary alicyclic amines) is 1. The molecule has 0 unspecified atom stereocenters. The number of carbonyl (C=O) groups excluding carboxylic acids is 2. The number of rotatable bonds is 7. The fourth-order valence-electron chi connectivity index (χ4n) is 3.11. The number of amides is 2. The molecule has 1 aromatic carbocycles. The number of carbonyl (C=O) groups is 2. The molecule has 1 saturated heterocycles. The van der Waals surface area contributed by atoms with Gasteiger partial charge >= 0.3 is 0 Å². The molecule has 1 aliphatic rings. The maximum Gasteiger partial charge on any atom is 0.227 e. The summed E-state index contributed by atoms with van der Waals surface area (Å²) in [4.78, 5) is 28.2. The zero-order valence-electron chi connectivity index (χ0n) is 14.4. The molecule has 0 radical (unpaired) electrons. The number of likely N-dealkylation sites (N-methyl/N-ethyl adjacent to an activating group) is 1. The lowest BCUT2D eigenvalue weighted by Crippen LogP contribution is -2.47. The van der Waals surface area contributed by atoms with E-state index in [1.165, 1.54) is 0 Å². The largest absolute Gasteiger partial charge is 0.496 e. The molecule has 0 saturated carbocycles. The third-order valence-corrected chi connectivity index (χ3v) is 4.47. The summed E-state index contributed by atoms with van der Waals surface area (Å²) < 4.78 is 5.34. The number of para-hydroxylation sites is 1. The van der Waals surface area contributed by atoms with Crippen LogP contribution in [0.15, 0.2) is 24.3 Å². The molecular formula is C18H26N2O4. The number of benzene rings is 1. The van der Waals surface area contributed by atoms with Crippen LogP contribution in [-0.4, -0.2) is 60.1 Å². The van der Waals surface area contributed by atoms with Gasteiger partial charge in [-0.1, -0.05) is 18.2 Å². The number of piperidine rings is 1. The Labute approximate surface area is 143 Å². The third-order valence-electron chi connectivity index (χ3n) is 4.47. The number of hydrogen-bond donors (Lipinski definition) is 1. The van der Waals surface area contributed by atoms with Crippen LogP contribution in [0.5, 0.6) is 5.75 Å². The van der Waals surface area contributed by atoms with E-state index < -0.39 is 0 Å².